The van der Waals surface area contributed by atoms with Crippen LogP contribution in [0.25, 0.3) is 16.8 Å². The summed E-state index contributed by atoms with van der Waals surface area (Å²) in [5, 5.41) is 12.2. The van der Waals surface area contributed by atoms with Crippen molar-refractivity contribution < 1.29 is 8.78 Å². The van der Waals surface area contributed by atoms with Crippen LogP contribution in [0.4, 0.5) is 14.6 Å². The number of anilines is 1. The molecular weight excluding hydrogens is 397 g/mol. The average Bonchev–Trinajstić information content (AvgIpc) is 3.43. The number of rotatable bonds is 5. The van der Waals surface area contributed by atoms with Crippen molar-refractivity contribution in [2.75, 3.05) is 5.32 Å². The second-order valence-corrected chi connectivity index (χ2v) is 8.17. The molecule has 1 atom stereocenters. The van der Waals surface area contributed by atoms with Crippen LogP contribution >= 0.6 is 0 Å². The zero-order chi connectivity index (χ0) is 21.4. The van der Waals surface area contributed by atoms with Gasteiger partial charge in [0.15, 0.2) is 5.65 Å². The van der Waals surface area contributed by atoms with E-state index in [1.165, 1.54) is 26.0 Å². The highest BCUT2D eigenvalue weighted by atomic mass is 19.1. The highest BCUT2D eigenvalue weighted by molar-refractivity contribution is 6.35. The Bertz CT molecular complexity index is 1210. The lowest BCUT2D eigenvalue weighted by atomic mass is 9.63. The van der Waals surface area contributed by atoms with E-state index in [-0.39, 0.29) is 5.56 Å². The summed E-state index contributed by atoms with van der Waals surface area (Å²) in [6, 6.07) is 5.22. The zero-order valence-electron chi connectivity index (χ0n) is 17.3. The third kappa shape index (κ3) is 3.92. The molecule has 158 valence electrons. The van der Waals surface area contributed by atoms with E-state index >= 15 is 0 Å². The van der Waals surface area contributed by atoms with Gasteiger partial charge in [-0.25, -0.2) is 18.3 Å². The molecule has 1 N–H and O–H groups in total. The van der Waals surface area contributed by atoms with E-state index in [1.807, 2.05) is 6.20 Å². The maximum absolute atomic E-state index is 14.1. The summed E-state index contributed by atoms with van der Waals surface area (Å²) in [7, 11) is 1.30. The number of halogens is 2. The Kier molecular flexibility index (Phi) is 5.17. The molecular formula is C22H23BF2N6. The summed E-state index contributed by atoms with van der Waals surface area (Å²) in [5.74, 6) is -0.366. The van der Waals surface area contributed by atoms with E-state index in [0.29, 0.717) is 17.5 Å². The maximum atomic E-state index is 14.1. The van der Waals surface area contributed by atoms with Crippen LogP contribution in [0.2, 0.25) is 12.6 Å². The topological polar surface area (TPSA) is 60.0 Å². The van der Waals surface area contributed by atoms with E-state index in [4.69, 9.17) is 0 Å². The zero-order valence-corrected chi connectivity index (χ0v) is 17.3. The van der Waals surface area contributed by atoms with E-state index in [9.17, 15) is 8.78 Å². The Morgan fingerprint density at radius 2 is 1.97 bits per heavy atom. The fraction of sp³-hybridized carbons (Fsp3) is 0.318. The molecule has 0 aliphatic carbocycles. The largest absolute Gasteiger partial charge is 0.363 e. The standard InChI is InChI=1S/C22H23BF2N6/c1-14(18-10-16(24)2-3-20(18)25)28-21-6-9-30-22(29-21)19(12-27-30)15-11-26-31(13-15)17-4-7-23-8-5-17/h2-3,6,9-14,17,23H,4-5,7-8H2,1H3,(H,28,29). The average molecular weight is 420 g/mol. The second-order valence-electron chi connectivity index (χ2n) is 8.17. The van der Waals surface area contributed by atoms with Gasteiger partial charge in [0.2, 0.25) is 0 Å². The van der Waals surface area contributed by atoms with Crippen LogP contribution < -0.4 is 5.32 Å². The van der Waals surface area contributed by atoms with Crippen LogP contribution in [-0.4, -0.2) is 31.7 Å². The van der Waals surface area contributed by atoms with Gasteiger partial charge in [-0.1, -0.05) is 12.6 Å². The quantitative estimate of drug-likeness (QED) is 0.478. The van der Waals surface area contributed by atoms with Gasteiger partial charge in [0.05, 0.1) is 24.5 Å². The number of nitrogens with zero attached hydrogens (tertiary/aromatic N) is 5. The lowest BCUT2D eigenvalue weighted by Gasteiger charge is -2.21. The second kappa shape index (κ2) is 8.13. The van der Waals surface area contributed by atoms with E-state index in [0.717, 1.165) is 36.1 Å². The van der Waals surface area contributed by atoms with E-state index < -0.39 is 17.7 Å². The van der Waals surface area contributed by atoms with Crippen molar-refractivity contribution in [3.63, 3.8) is 0 Å². The molecule has 4 heterocycles. The number of nitrogens with one attached hydrogen (secondary N) is 1. The molecule has 1 aliphatic rings. The fourth-order valence-corrected chi connectivity index (χ4v) is 4.32. The first kappa shape index (κ1) is 19.7. The molecule has 1 aliphatic heterocycles. The van der Waals surface area contributed by atoms with Gasteiger partial charge in [0, 0.05) is 29.1 Å². The summed E-state index contributed by atoms with van der Waals surface area (Å²) < 4.78 is 31.4. The van der Waals surface area contributed by atoms with Gasteiger partial charge in [-0.3, -0.25) is 4.68 Å². The minimum Gasteiger partial charge on any atom is -0.363 e. The van der Waals surface area contributed by atoms with Crippen LogP contribution in [0.5, 0.6) is 0 Å². The first-order valence-corrected chi connectivity index (χ1v) is 10.7. The number of fused-ring (bicyclic) bond motifs is 1. The third-order valence-corrected chi connectivity index (χ3v) is 6.02. The predicted molar refractivity (Wildman–Crippen MR) is 118 cm³/mol. The van der Waals surface area contributed by atoms with Gasteiger partial charge < -0.3 is 5.32 Å². The SMILES string of the molecule is CC(Nc1ccn2ncc(-c3cnn(C4CCBCC4)c3)c2n1)c1cc(F)ccc1F. The predicted octanol–water partition coefficient (Wildman–Crippen LogP) is 4.65. The Morgan fingerprint density at radius 3 is 2.81 bits per heavy atom. The molecule has 6 nitrogen and oxygen atoms in total. The molecule has 31 heavy (non-hydrogen) atoms. The number of aromatic nitrogens is 5. The van der Waals surface area contributed by atoms with Crippen molar-refractivity contribution in [1.82, 2.24) is 24.4 Å². The van der Waals surface area contributed by atoms with E-state index in [2.05, 4.69) is 31.4 Å². The van der Waals surface area contributed by atoms with Crippen LogP contribution in [-0.2, 0) is 0 Å². The van der Waals surface area contributed by atoms with Crippen LogP contribution in [0.3, 0.4) is 0 Å². The summed E-state index contributed by atoms with van der Waals surface area (Å²) in [4.78, 5) is 4.69. The molecule has 5 rings (SSSR count). The van der Waals surface area contributed by atoms with E-state index in [1.54, 1.807) is 29.9 Å². The smallest absolute Gasteiger partial charge is 0.165 e. The number of benzene rings is 1. The molecule has 0 amide bonds. The molecule has 0 spiro atoms. The molecule has 1 saturated heterocycles. The minimum absolute atomic E-state index is 0.254. The molecule has 0 bridgehead atoms. The lowest BCUT2D eigenvalue weighted by Crippen LogP contribution is -2.15. The molecule has 0 saturated carbocycles. The van der Waals surface area contributed by atoms with Gasteiger partial charge in [-0.2, -0.15) is 10.2 Å². The first-order valence-electron chi connectivity index (χ1n) is 10.7. The highest BCUT2D eigenvalue weighted by Gasteiger charge is 2.19. The summed E-state index contributed by atoms with van der Waals surface area (Å²) in [5.41, 5.74) is 2.79. The van der Waals surface area contributed by atoms with Gasteiger partial charge in [-0.15, -0.1) is 0 Å². The lowest BCUT2D eigenvalue weighted by molar-refractivity contribution is 0.416. The number of hydrogen-bond donors (Lipinski definition) is 1. The summed E-state index contributed by atoms with van der Waals surface area (Å²) in [6.45, 7) is 1.77. The molecule has 1 aromatic carbocycles. The van der Waals surface area contributed by atoms with Crippen LogP contribution in [0, 0.1) is 11.6 Å². The Hall–Kier alpha value is -3.23. The molecule has 1 unspecified atom stereocenters. The van der Waals surface area contributed by atoms with Crippen molar-refractivity contribution in [1.29, 1.82) is 0 Å². The first-order chi connectivity index (χ1) is 15.1. The maximum Gasteiger partial charge on any atom is 0.165 e. The normalized spacial score (nSPS) is 15.7. The molecule has 4 aromatic rings. The van der Waals surface area contributed by atoms with Crippen LogP contribution in [0.15, 0.2) is 49.1 Å². The van der Waals surface area contributed by atoms with Crippen molar-refractivity contribution in [3.05, 3.63) is 66.3 Å². The van der Waals surface area contributed by atoms with Gasteiger partial charge >= 0.3 is 0 Å². The van der Waals surface area contributed by atoms with Crippen molar-refractivity contribution >= 4 is 18.7 Å². The van der Waals surface area contributed by atoms with Crippen LogP contribution in [0.1, 0.15) is 37.4 Å². The number of hydrogen-bond acceptors (Lipinski definition) is 4. The van der Waals surface area contributed by atoms with Crippen molar-refractivity contribution in [2.45, 2.75) is 44.5 Å². The summed E-state index contributed by atoms with van der Waals surface area (Å²) in [6.07, 6.45) is 12.3. The Labute approximate surface area is 179 Å². The molecule has 9 heteroatoms. The van der Waals surface area contributed by atoms with Crippen molar-refractivity contribution in [3.8, 4) is 11.1 Å². The Balaban J connectivity index is 1.42. The Morgan fingerprint density at radius 1 is 1.13 bits per heavy atom. The fourth-order valence-electron chi connectivity index (χ4n) is 4.32. The highest BCUT2D eigenvalue weighted by Crippen LogP contribution is 2.29. The van der Waals surface area contributed by atoms with Gasteiger partial charge in [0.1, 0.15) is 24.7 Å². The minimum atomic E-state index is -0.471. The molecule has 0 radical (unpaired) electrons. The van der Waals surface area contributed by atoms with Gasteiger partial charge in [-0.05, 0) is 44.0 Å². The monoisotopic (exact) mass is 420 g/mol. The van der Waals surface area contributed by atoms with Gasteiger partial charge in [0.25, 0.3) is 0 Å². The van der Waals surface area contributed by atoms with Crippen molar-refractivity contribution in [2.24, 2.45) is 0 Å². The molecule has 1 fully saturated rings. The summed E-state index contributed by atoms with van der Waals surface area (Å²) >= 11 is 0. The molecule has 3 aromatic heterocycles. The third-order valence-electron chi connectivity index (χ3n) is 6.02.